The van der Waals surface area contributed by atoms with Gasteiger partial charge < -0.3 is 4.57 Å². The summed E-state index contributed by atoms with van der Waals surface area (Å²) in [6.45, 7) is -0.331. The molecule has 1 aromatic carbocycles. The number of alkyl halides is 2. The van der Waals surface area contributed by atoms with Crippen LogP contribution in [0.25, 0.3) is 10.9 Å². The molecule has 92 valence electrons. The van der Waals surface area contributed by atoms with E-state index in [-0.39, 0.29) is 13.0 Å². The highest BCUT2D eigenvalue weighted by molar-refractivity contribution is 9.10. The number of halogens is 3. The molecule has 1 aromatic heterocycles. The number of fused-ring (bicyclic) bond motifs is 3. The normalized spacial score (nSPS) is 17.4. The van der Waals surface area contributed by atoms with Gasteiger partial charge in [0.05, 0.1) is 17.6 Å². The lowest BCUT2D eigenvalue weighted by atomic mass is 10.1. The zero-order chi connectivity index (χ0) is 12.9. The number of aromatic nitrogens is 1. The molecule has 2 heterocycles. The highest BCUT2D eigenvalue weighted by atomic mass is 79.9. The van der Waals surface area contributed by atoms with Crippen LogP contribution in [0.3, 0.4) is 0 Å². The molecule has 5 heteroatoms. The predicted octanol–water partition coefficient (Wildman–Crippen LogP) is 3.86. The summed E-state index contributed by atoms with van der Waals surface area (Å²) in [5.41, 5.74) is 1.93. The lowest BCUT2D eigenvalue weighted by Crippen LogP contribution is -2.30. The number of hydrogen-bond acceptors (Lipinski definition) is 1. The highest BCUT2D eigenvalue weighted by Gasteiger charge is 2.35. The first-order chi connectivity index (χ1) is 8.50. The fourth-order valence-corrected chi connectivity index (χ4v) is 3.00. The maximum absolute atomic E-state index is 13.5. The van der Waals surface area contributed by atoms with Crippen molar-refractivity contribution in [2.75, 3.05) is 0 Å². The maximum Gasteiger partial charge on any atom is 0.266 e. The summed E-state index contributed by atoms with van der Waals surface area (Å²) < 4.78 is 29.4. The minimum absolute atomic E-state index is 0.119. The molecule has 0 unspecified atom stereocenters. The monoisotopic (exact) mass is 310 g/mol. The topological polar surface area (TPSA) is 28.7 Å². The molecule has 2 nitrogen and oxygen atoms in total. The van der Waals surface area contributed by atoms with E-state index in [9.17, 15) is 8.78 Å². The van der Waals surface area contributed by atoms with Crippen LogP contribution in [0.15, 0.2) is 22.7 Å². The van der Waals surface area contributed by atoms with Gasteiger partial charge in [-0.25, -0.2) is 8.78 Å². The number of hydrogen-bond donors (Lipinski definition) is 0. The van der Waals surface area contributed by atoms with Crippen molar-refractivity contribution in [1.82, 2.24) is 4.57 Å². The van der Waals surface area contributed by atoms with E-state index in [1.165, 1.54) is 0 Å². The number of nitriles is 1. The number of benzene rings is 1. The first-order valence-corrected chi connectivity index (χ1v) is 6.39. The largest absolute Gasteiger partial charge is 0.337 e. The fourth-order valence-electron chi connectivity index (χ4n) is 2.53. The van der Waals surface area contributed by atoms with E-state index in [2.05, 4.69) is 22.0 Å². The molecule has 0 aliphatic carbocycles. The minimum Gasteiger partial charge on any atom is -0.337 e. The first kappa shape index (κ1) is 11.7. The van der Waals surface area contributed by atoms with Gasteiger partial charge in [0.15, 0.2) is 0 Å². The highest BCUT2D eigenvalue weighted by Crippen LogP contribution is 2.35. The van der Waals surface area contributed by atoms with Crippen LogP contribution < -0.4 is 0 Å². The van der Waals surface area contributed by atoms with Crippen molar-refractivity contribution in [3.63, 3.8) is 0 Å². The second-order valence-electron chi connectivity index (χ2n) is 4.58. The number of nitrogens with zero attached hydrogens (tertiary/aromatic N) is 2. The zero-order valence-corrected chi connectivity index (χ0v) is 11.0. The molecule has 0 spiro atoms. The van der Waals surface area contributed by atoms with Gasteiger partial charge in [-0.3, -0.25) is 0 Å². The van der Waals surface area contributed by atoms with Crippen LogP contribution in [-0.2, 0) is 13.0 Å². The molecule has 0 saturated carbocycles. The lowest BCUT2D eigenvalue weighted by Gasteiger charge is -2.25. The Morgan fingerprint density at radius 3 is 2.83 bits per heavy atom. The Morgan fingerprint density at radius 1 is 1.33 bits per heavy atom. The van der Waals surface area contributed by atoms with Crippen LogP contribution in [0, 0.1) is 11.3 Å². The SMILES string of the molecule is N#Cc1cc(Br)cc2cc3n(c12)CC(F)(F)CC3. The van der Waals surface area contributed by atoms with Gasteiger partial charge in [0.2, 0.25) is 0 Å². The van der Waals surface area contributed by atoms with Crippen molar-refractivity contribution < 1.29 is 8.78 Å². The van der Waals surface area contributed by atoms with Gasteiger partial charge in [-0.1, -0.05) is 15.9 Å². The predicted molar refractivity (Wildman–Crippen MR) is 67.6 cm³/mol. The molecular weight excluding hydrogens is 302 g/mol. The average molecular weight is 311 g/mol. The van der Waals surface area contributed by atoms with Gasteiger partial charge in [-0.15, -0.1) is 0 Å². The Bertz CT molecular complexity index is 682. The van der Waals surface area contributed by atoms with Crippen molar-refractivity contribution in [2.24, 2.45) is 0 Å². The molecule has 1 aliphatic heterocycles. The van der Waals surface area contributed by atoms with Gasteiger partial charge in [0.25, 0.3) is 5.92 Å². The smallest absolute Gasteiger partial charge is 0.266 e. The van der Waals surface area contributed by atoms with E-state index in [0.29, 0.717) is 17.5 Å². The van der Waals surface area contributed by atoms with Crippen LogP contribution in [-0.4, -0.2) is 10.5 Å². The quantitative estimate of drug-likeness (QED) is 0.726. The Balaban J connectivity index is 2.32. The average Bonchev–Trinajstić information content (AvgIpc) is 2.64. The van der Waals surface area contributed by atoms with Crippen molar-refractivity contribution in [3.05, 3.63) is 33.9 Å². The summed E-state index contributed by atoms with van der Waals surface area (Å²) in [5.74, 6) is -2.68. The second-order valence-corrected chi connectivity index (χ2v) is 5.50. The Morgan fingerprint density at radius 2 is 2.11 bits per heavy atom. The third-order valence-corrected chi connectivity index (χ3v) is 3.76. The molecule has 0 N–H and O–H groups in total. The molecule has 3 rings (SSSR count). The second kappa shape index (κ2) is 3.79. The molecule has 0 atom stereocenters. The van der Waals surface area contributed by atoms with Crippen LogP contribution in [0.4, 0.5) is 8.78 Å². The van der Waals surface area contributed by atoms with Crippen LogP contribution in [0.2, 0.25) is 0 Å². The molecule has 18 heavy (non-hydrogen) atoms. The Labute approximate surface area is 111 Å². The van der Waals surface area contributed by atoms with Crippen molar-refractivity contribution >= 4 is 26.8 Å². The standard InChI is InChI=1S/C13H9BrF2N2/c14-10-3-8-5-11-1-2-13(15,16)7-18(11)12(8)9(4-10)6-17/h3-5H,1-2,7H2. The van der Waals surface area contributed by atoms with E-state index < -0.39 is 5.92 Å². The van der Waals surface area contributed by atoms with Gasteiger partial charge >= 0.3 is 0 Å². The van der Waals surface area contributed by atoms with Crippen LogP contribution in [0.1, 0.15) is 17.7 Å². The molecule has 0 amide bonds. The zero-order valence-electron chi connectivity index (χ0n) is 9.38. The lowest BCUT2D eigenvalue weighted by molar-refractivity contribution is -0.0329. The van der Waals surface area contributed by atoms with Crippen LogP contribution in [0.5, 0.6) is 0 Å². The van der Waals surface area contributed by atoms with Crippen molar-refractivity contribution in [1.29, 1.82) is 5.26 Å². The molecular formula is C13H9BrF2N2. The summed E-state index contributed by atoms with van der Waals surface area (Å²) in [4.78, 5) is 0. The van der Waals surface area contributed by atoms with E-state index in [0.717, 1.165) is 15.6 Å². The summed E-state index contributed by atoms with van der Waals surface area (Å²) in [6, 6.07) is 7.51. The van der Waals surface area contributed by atoms with Crippen molar-refractivity contribution in [3.8, 4) is 6.07 Å². The van der Waals surface area contributed by atoms with Crippen molar-refractivity contribution in [2.45, 2.75) is 25.3 Å². The number of aryl methyl sites for hydroxylation is 1. The molecule has 1 aliphatic rings. The van der Waals surface area contributed by atoms with Gasteiger partial charge in [0, 0.05) is 22.0 Å². The van der Waals surface area contributed by atoms with Gasteiger partial charge in [-0.2, -0.15) is 5.26 Å². The van der Waals surface area contributed by atoms with Gasteiger partial charge in [-0.05, 0) is 24.6 Å². The fraction of sp³-hybridized carbons (Fsp3) is 0.308. The Hall–Kier alpha value is -1.41. The summed E-state index contributed by atoms with van der Waals surface area (Å²) in [6.07, 6.45) is 0.233. The minimum atomic E-state index is -2.68. The summed E-state index contributed by atoms with van der Waals surface area (Å²) >= 11 is 3.33. The third kappa shape index (κ3) is 1.72. The molecule has 0 bridgehead atoms. The molecule has 0 fully saturated rings. The Kier molecular flexibility index (Phi) is 2.46. The van der Waals surface area contributed by atoms with E-state index in [1.54, 1.807) is 10.6 Å². The number of rotatable bonds is 0. The maximum atomic E-state index is 13.5. The van der Waals surface area contributed by atoms with Crippen LogP contribution >= 0.6 is 15.9 Å². The summed E-state index contributed by atoms with van der Waals surface area (Å²) in [5, 5.41) is 9.98. The van der Waals surface area contributed by atoms with E-state index in [4.69, 9.17) is 5.26 Å². The summed E-state index contributed by atoms with van der Waals surface area (Å²) in [7, 11) is 0. The van der Waals surface area contributed by atoms with E-state index >= 15 is 0 Å². The molecule has 0 saturated heterocycles. The van der Waals surface area contributed by atoms with Gasteiger partial charge in [0.1, 0.15) is 6.07 Å². The van der Waals surface area contributed by atoms with E-state index in [1.807, 2.05) is 12.1 Å². The molecule has 0 radical (unpaired) electrons. The first-order valence-electron chi connectivity index (χ1n) is 5.60. The third-order valence-electron chi connectivity index (χ3n) is 3.30. The molecule has 2 aromatic rings.